The number of carbonyl (C=O) groups is 2. The molecule has 0 bridgehead atoms. The highest BCUT2D eigenvalue weighted by atomic mass is 35.5. The molecule has 0 spiro atoms. The third kappa shape index (κ3) is 5.07. The summed E-state index contributed by atoms with van der Waals surface area (Å²) in [6, 6.07) is 8.34. The van der Waals surface area contributed by atoms with Crippen molar-refractivity contribution in [1.29, 1.82) is 0 Å². The van der Waals surface area contributed by atoms with Crippen molar-refractivity contribution in [2.45, 2.75) is 33.7 Å². The molecule has 148 valence electrons. The summed E-state index contributed by atoms with van der Waals surface area (Å²) in [5.74, 6) is -1.12. The van der Waals surface area contributed by atoms with Crippen molar-refractivity contribution in [3.8, 4) is 0 Å². The van der Waals surface area contributed by atoms with E-state index in [-0.39, 0.29) is 28.1 Å². The minimum atomic E-state index is -0.805. The van der Waals surface area contributed by atoms with E-state index in [1.165, 1.54) is 12.1 Å². The minimum absolute atomic E-state index is 0.0521. The maximum atomic E-state index is 12.7. The molecule has 2 N–H and O–H groups in total. The molecule has 0 unspecified atom stereocenters. The van der Waals surface area contributed by atoms with Gasteiger partial charge in [-0.05, 0) is 49.1 Å². The van der Waals surface area contributed by atoms with Crippen LogP contribution in [0.2, 0.25) is 5.02 Å². The first kappa shape index (κ1) is 21.4. The number of nitrogens with zero attached hydrogens (tertiary/aromatic N) is 1. The number of rotatable bonds is 6. The topological polar surface area (TPSA) is 101 Å². The van der Waals surface area contributed by atoms with Crippen molar-refractivity contribution in [2.24, 2.45) is 5.92 Å². The molecule has 28 heavy (non-hydrogen) atoms. The molecule has 8 heteroatoms. The number of benzene rings is 2. The number of carbonyl (C=O) groups excluding carboxylic acids is 2. The van der Waals surface area contributed by atoms with E-state index < -0.39 is 16.9 Å². The van der Waals surface area contributed by atoms with Crippen LogP contribution in [-0.2, 0) is 4.79 Å². The summed E-state index contributed by atoms with van der Waals surface area (Å²) >= 11 is 6.01. The molecule has 0 aliphatic heterocycles. The third-order valence-corrected chi connectivity index (χ3v) is 4.73. The lowest BCUT2D eigenvalue weighted by molar-refractivity contribution is -0.384. The summed E-state index contributed by atoms with van der Waals surface area (Å²) in [5.41, 5.74) is 2.65. The van der Waals surface area contributed by atoms with E-state index >= 15 is 0 Å². The third-order valence-electron chi connectivity index (χ3n) is 4.42. The number of hydrogen-bond acceptors (Lipinski definition) is 4. The summed E-state index contributed by atoms with van der Waals surface area (Å²) < 4.78 is 0. The van der Waals surface area contributed by atoms with Gasteiger partial charge in [0.2, 0.25) is 5.91 Å². The molecule has 0 aliphatic carbocycles. The van der Waals surface area contributed by atoms with Gasteiger partial charge in [0.1, 0.15) is 6.04 Å². The highest BCUT2D eigenvalue weighted by Crippen LogP contribution is 2.23. The lowest BCUT2D eigenvalue weighted by atomic mass is 10.0. The van der Waals surface area contributed by atoms with E-state index in [2.05, 4.69) is 10.6 Å². The molecular formula is C20H22ClN3O4. The molecule has 0 fully saturated rings. The first-order chi connectivity index (χ1) is 13.1. The van der Waals surface area contributed by atoms with Crippen molar-refractivity contribution in [2.75, 3.05) is 5.32 Å². The number of nitro groups is 1. The first-order valence-corrected chi connectivity index (χ1v) is 9.11. The standard InChI is InChI=1S/C20H22ClN3O4/c1-11(2)18(20(26)22-14-6-5-12(3)13(4)9-14)23-19(25)16-8-7-15(24(27)28)10-17(16)21/h5-11,18H,1-4H3,(H,22,26)(H,23,25)/t18-/m0/s1. The second-order valence-corrected chi connectivity index (χ2v) is 7.31. The molecule has 0 heterocycles. The molecule has 7 nitrogen and oxygen atoms in total. The molecule has 2 rings (SSSR count). The second kappa shape index (κ2) is 8.84. The predicted octanol–water partition coefficient (Wildman–Crippen LogP) is 4.26. The van der Waals surface area contributed by atoms with Crippen LogP contribution in [-0.4, -0.2) is 22.8 Å². The number of hydrogen-bond donors (Lipinski definition) is 2. The Morgan fingerprint density at radius 1 is 1.07 bits per heavy atom. The fourth-order valence-corrected chi connectivity index (χ4v) is 2.86. The molecule has 1 atom stereocenters. The van der Waals surface area contributed by atoms with Crippen LogP contribution >= 0.6 is 11.6 Å². The number of amides is 2. The Kier molecular flexibility index (Phi) is 6.75. The fourth-order valence-electron chi connectivity index (χ4n) is 2.59. The Morgan fingerprint density at radius 2 is 1.75 bits per heavy atom. The Bertz CT molecular complexity index is 928. The summed E-state index contributed by atoms with van der Waals surface area (Å²) in [6.45, 7) is 7.54. The van der Waals surface area contributed by atoms with Gasteiger partial charge < -0.3 is 10.6 Å². The number of nitro benzene ring substituents is 1. The largest absolute Gasteiger partial charge is 0.340 e. The van der Waals surface area contributed by atoms with Crippen LogP contribution < -0.4 is 10.6 Å². The van der Waals surface area contributed by atoms with E-state index in [4.69, 9.17) is 11.6 Å². The van der Waals surface area contributed by atoms with Gasteiger partial charge in [-0.2, -0.15) is 0 Å². The van der Waals surface area contributed by atoms with Crippen LogP contribution in [0.25, 0.3) is 0 Å². The normalized spacial score (nSPS) is 11.8. The van der Waals surface area contributed by atoms with Crippen molar-refractivity contribution >= 4 is 34.8 Å². The second-order valence-electron chi connectivity index (χ2n) is 6.90. The van der Waals surface area contributed by atoms with E-state index in [9.17, 15) is 19.7 Å². The van der Waals surface area contributed by atoms with Crippen LogP contribution in [0, 0.1) is 29.9 Å². The van der Waals surface area contributed by atoms with Gasteiger partial charge >= 0.3 is 0 Å². The average Bonchev–Trinajstić information content (AvgIpc) is 2.62. The minimum Gasteiger partial charge on any atom is -0.340 e. The molecule has 2 amide bonds. The van der Waals surface area contributed by atoms with Gasteiger partial charge in [0.05, 0.1) is 15.5 Å². The molecule has 0 saturated carbocycles. The Labute approximate surface area is 168 Å². The van der Waals surface area contributed by atoms with Gasteiger partial charge in [-0.1, -0.05) is 31.5 Å². The van der Waals surface area contributed by atoms with Crippen molar-refractivity contribution < 1.29 is 14.5 Å². The lowest BCUT2D eigenvalue weighted by Gasteiger charge is -2.22. The van der Waals surface area contributed by atoms with Crippen LogP contribution in [0.3, 0.4) is 0 Å². The lowest BCUT2D eigenvalue weighted by Crippen LogP contribution is -2.47. The Hall–Kier alpha value is -2.93. The Morgan fingerprint density at radius 3 is 2.29 bits per heavy atom. The zero-order valence-corrected chi connectivity index (χ0v) is 16.8. The summed E-state index contributed by atoms with van der Waals surface area (Å²) in [5, 5.41) is 16.2. The van der Waals surface area contributed by atoms with Crippen LogP contribution in [0.15, 0.2) is 36.4 Å². The summed E-state index contributed by atoms with van der Waals surface area (Å²) in [4.78, 5) is 35.5. The number of non-ortho nitro benzene ring substituents is 1. The van der Waals surface area contributed by atoms with Gasteiger partial charge in [-0.25, -0.2) is 0 Å². The van der Waals surface area contributed by atoms with Crippen molar-refractivity contribution in [3.63, 3.8) is 0 Å². The zero-order chi connectivity index (χ0) is 21.0. The molecule has 2 aromatic rings. The fraction of sp³-hybridized carbons (Fsp3) is 0.300. The number of aryl methyl sites for hydroxylation is 2. The summed E-state index contributed by atoms with van der Waals surface area (Å²) in [6.07, 6.45) is 0. The molecule has 0 aromatic heterocycles. The van der Waals surface area contributed by atoms with Gasteiger partial charge in [-0.3, -0.25) is 19.7 Å². The van der Waals surface area contributed by atoms with E-state index in [1.807, 2.05) is 39.8 Å². The maximum absolute atomic E-state index is 12.7. The van der Waals surface area contributed by atoms with Gasteiger partial charge in [-0.15, -0.1) is 0 Å². The predicted molar refractivity (Wildman–Crippen MR) is 109 cm³/mol. The highest BCUT2D eigenvalue weighted by molar-refractivity contribution is 6.34. The first-order valence-electron chi connectivity index (χ1n) is 8.73. The van der Waals surface area contributed by atoms with Crippen LogP contribution in [0.5, 0.6) is 0 Å². The van der Waals surface area contributed by atoms with E-state index in [0.29, 0.717) is 5.69 Å². The molecule has 0 radical (unpaired) electrons. The molecular weight excluding hydrogens is 382 g/mol. The number of nitrogens with one attached hydrogen (secondary N) is 2. The average molecular weight is 404 g/mol. The van der Waals surface area contributed by atoms with Crippen LogP contribution in [0.4, 0.5) is 11.4 Å². The molecule has 0 aliphatic rings. The monoisotopic (exact) mass is 403 g/mol. The highest BCUT2D eigenvalue weighted by Gasteiger charge is 2.26. The maximum Gasteiger partial charge on any atom is 0.270 e. The van der Waals surface area contributed by atoms with Crippen molar-refractivity contribution in [1.82, 2.24) is 5.32 Å². The van der Waals surface area contributed by atoms with Gasteiger partial charge in [0.15, 0.2) is 0 Å². The van der Waals surface area contributed by atoms with Crippen molar-refractivity contribution in [3.05, 3.63) is 68.2 Å². The molecule has 2 aromatic carbocycles. The van der Waals surface area contributed by atoms with Crippen LogP contribution in [0.1, 0.15) is 35.3 Å². The van der Waals surface area contributed by atoms with Gasteiger partial charge in [0.25, 0.3) is 11.6 Å². The van der Waals surface area contributed by atoms with Gasteiger partial charge in [0, 0.05) is 17.8 Å². The quantitative estimate of drug-likeness (QED) is 0.555. The summed E-state index contributed by atoms with van der Waals surface area (Å²) in [7, 11) is 0. The van der Waals surface area contributed by atoms with E-state index in [0.717, 1.165) is 17.2 Å². The molecule has 0 saturated heterocycles. The smallest absolute Gasteiger partial charge is 0.270 e. The Balaban J connectivity index is 2.17. The number of halogens is 1. The number of anilines is 1. The van der Waals surface area contributed by atoms with E-state index in [1.54, 1.807) is 6.07 Å². The zero-order valence-electron chi connectivity index (χ0n) is 16.1. The SMILES string of the molecule is Cc1ccc(NC(=O)[C@@H](NC(=O)c2ccc([N+](=O)[O-])cc2Cl)C(C)C)cc1C.